The summed E-state index contributed by atoms with van der Waals surface area (Å²) in [7, 11) is 0. The van der Waals surface area contributed by atoms with Crippen LogP contribution in [-0.2, 0) is 4.89 Å². The first-order valence-corrected chi connectivity index (χ1v) is 3.88. The average Bonchev–Trinajstić information content (AvgIpc) is 2.59. The number of aromatic amines is 1. The molecule has 0 aliphatic heterocycles. The van der Waals surface area contributed by atoms with Gasteiger partial charge in [-0.1, -0.05) is 0 Å². The summed E-state index contributed by atoms with van der Waals surface area (Å²) >= 11 is 0. The molecule has 3 N–H and O–H groups in total. The van der Waals surface area contributed by atoms with Gasteiger partial charge in [0.1, 0.15) is 11.4 Å². The molecule has 1 aromatic carbocycles. The second-order valence-electron chi connectivity index (χ2n) is 2.83. The predicted octanol–water partition coefficient (Wildman–Crippen LogP) is 1.50. The van der Waals surface area contributed by atoms with Crippen LogP contribution in [0.25, 0.3) is 10.9 Å². The Hall–Kier alpha value is -2.01. The molecule has 5 nitrogen and oxygen atoms in total. The molecule has 1 heterocycles. The minimum absolute atomic E-state index is 0.100. The van der Waals surface area contributed by atoms with Gasteiger partial charge in [-0.2, -0.15) is 5.26 Å². The van der Waals surface area contributed by atoms with Gasteiger partial charge in [-0.25, -0.2) is 4.79 Å². The zero-order chi connectivity index (χ0) is 10.1. The third kappa shape index (κ3) is 1.29. The van der Waals surface area contributed by atoms with Gasteiger partial charge in [0.25, 0.3) is 0 Å². The van der Waals surface area contributed by atoms with Gasteiger partial charge in [-0.15, -0.1) is 0 Å². The van der Waals surface area contributed by atoms with Crippen molar-refractivity contribution in [2.45, 2.75) is 0 Å². The fourth-order valence-electron chi connectivity index (χ4n) is 1.27. The standard InChI is InChI=1S/C9H7NO4/c11-6-2-1-5-3-8(9(12)14-13)10-7(5)4-6/h1-4,10-11,13H. The second-order valence-corrected chi connectivity index (χ2v) is 2.83. The molecule has 0 amide bonds. The lowest BCUT2D eigenvalue weighted by Gasteiger charge is -1.90. The first-order valence-electron chi connectivity index (χ1n) is 3.88. The highest BCUT2D eigenvalue weighted by Gasteiger charge is 2.10. The Morgan fingerprint density at radius 2 is 2.14 bits per heavy atom. The number of nitrogens with one attached hydrogen (secondary N) is 1. The van der Waals surface area contributed by atoms with Gasteiger partial charge in [-0.05, 0) is 18.2 Å². The molecule has 0 atom stereocenters. The molecule has 0 spiro atoms. The molecule has 0 aliphatic carbocycles. The maximum atomic E-state index is 10.9. The highest BCUT2D eigenvalue weighted by Crippen LogP contribution is 2.20. The highest BCUT2D eigenvalue weighted by atomic mass is 17.1. The highest BCUT2D eigenvalue weighted by molar-refractivity contribution is 5.94. The Labute approximate surface area is 78.5 Å². The van der Waals surface area contributed by atoms with Crippen LogP contribution < -0.4 is 0 Å². The zero-order valence-corrected chi connectivity index (χ0v) is 7.02. The lowest BCUT2D eigenvalue weighted by atomic mass is 10.2. The lowest BCUT2D eigenvalue weighted by Crippen LogP contribution is -2.00. The summed E-state index contributed by atoms with van der Waals surface area (Å²) in [6, 6.07) is 6.15. The average molecular weight is 193 g/mol. The molecule has 14 heavy (non-hydrogen) atoms. The number of fused-ring (bicyclic) bond motifs is 1. The SMILES string of the molecule is O=C(OO)c1cc2ccc(O)cc2[nH]1. The first kappa shape index (κ1) is 8.58. The van der Waals surface area contributed by atoms with Crippen LogP contribution in [0.2, 0.25) is 0 Å². The summed E-state index contributed by atoms with van der Waals surface area (Å²) in [6.07, 6.45) is 0. The monoisotopic (exact) mass is 193 g/mol. The Kier molecular flexibility index (Phi) is 1.86. The van der Waals surface area contributed by atoms with Gasteiger partial charge >= 0.3 is 5.97 Å². The van der Waals surface area contributed by atoms with E-state index in [-0.39, 0.29) is 11.4 Å². The van der Waals surface area contributed by atoms with Crippen LogP contribution in [0.4, 0.5) is 0 Å². The third-order valence-electron chi connectivity index (χ3n) is 1.91. The van der Waals surface area contributed by atoms with Crippen LogP contribution in [0.5, 0.6) is 5.75 Å². The Morgan fingerprint density at radius 1 is 1.36 bits per heavy atom. The molecule has 1 aromatic heterocycles. The maximum Gasteiger partial charge on any atom is 0.388 e. The van der Waals surface area contributed by atoms with E-state index in [4.69, 9.17) is 10.4 Å². The molecule has 0 radical (unpaired) electrons. The summed E-state index contributed by atoms with van der Waals surface area (Å²) in [4.78, 5) is 17.2. The minimum atomic E-state index is -0.860. The smallest absolute Gasteiger partial charge is 0.388 e. The number of H-pyrrole nitrogens is 1. The molecule has 0 bridgehead atoms. The number of aromatic nitrogens is 1. The van der Waals surface area contributed by atoms with Crippen molar-refractivity contribution >= 4 is 16.9 Å². The van der Waals surface area contributed by atoms with E-state index in [0.717, 1.165) is 5.39 Å². The molecule has 0 fully saturated rings. The van der Waals surface area contributed by atoms with Crippen LogP contribution >= 0.6 is 0 Å². The molecule has 0 saturated heterocycles. The fourth-order valence-corrected chi connectivity index (χ4v) is 1.27. The van der Waals surface area contributed by atoms with Crippen molar-refractivity contribution < 1.29 is 20.0 Å². The van der Waals surface area contributed by atoms with Gasteiger partial charge in [0.05, 0.1) is 0 Å². The molecule has 0 aliphatic rings. The second kappa shape index (κ2) is 3.04. The van der Waals surface area contributed by atoms with E-state index < -0.39 is 5.97 Å². The summed E-state index contributed by atoms with van der Waals surface area (Å²) in [5, 5.41) is 18.1. The number of benzene rings is 1. The normalized spacial score (nSPS) is 10.4. The quantitative estimate of drug-likeness (QED) is 0.473. The van der Waals surface area contributed by atoms with E-state index in [9.17, 15) is 4.79 Å². The van der Waals surface area contributed by atoms with E-state index in [1.807, 2.05) is 0 Å². The predicted molar refractivity (Wildman–Crippen MR) is 48.0 cm³/mol. The summed E-state index contributed by atoms with van der Waals surface area (Å²) in [5.41, 5.74) is 0.735. The van der Waals surface area contributed by atoms with Crippen LogP contribution in [0, 0.1) is 0 Å². The zero-order valence-electron chi connectivity index (χ0n) is 7.02. The van der Waals surface area contributed by atoms with Crippen LogP contribution in [0.1, 0.15) is 10.5 Å². The number of rotatable bonds is 1. The number of carbonyl (C=O) groups is 1. The van der Waals surface area contributed by atoms with E-state index in [1.54, 1.807) is 6.07 Å². The number of aromatic hydroxyl groups is 1. The fraction of sp³-hybridized carbons (Fsp3) is 0. The Bertz CT molecular complexity index is 489. The number of carbonyl (C=O) groups excluding carboxylic acids is 1. The number of hydrogen-bond donors (Lipinski definition) is 3. The summed E-state index contributed by atoms with van der Waals surface area (Å²) < 4.78 is 0. The summed E-state index contributed by atoms with van der Waals surface area (Å²) in [6.45, 7) is 0. The van der Waals surface area contributed by atoms with Crippen molar-refractivity contribution in [3.05, 3.63) is 30.0 Å². The Morgan fingerprint density at radius 3 is 2.86 bits per heavy atom. The Balaban J connectivity index is 2.56. The molecule has 5 heteroatoms. The van der Waals surface area contributed by atoms with E-state index in [1.165, 1.54) is 18.2 Å². The molecule has 0 saturated carbocycles. The van der Waals surface area contributed by atoms with Crippen LogP contribution in [0.3, 0.4) is 0 Å². The topological polar surface area (TPSA) is 82.6 Å². The largest absolute Gasteiger partial charge is 0.508 e. The van der Waals surface area contributed by atoms with E-state index in [0.29, 0.717) is 5.52 Å². The number of hydrogen-bond acceptors (Lipinski definition) is 4. The van der Waals surface area contributed by atoms with E-state index in [2.05, 4.69) is 9.87 Å². The minimum Gasteiger partial charge on any atom is -0.508 e. The van der Waals surface area contributed by atoms with Gasteiger partial charge in [0, 0.05) is 17.0 Å². The number of phenolic OH excluding ortho intramolecular Hbond substituents is 1. The van der Waals surface area contributed by atoms with Crippen molar-refractivity contribution in [3.63, 3.8) is 0 Å². The van der Waals surface area contributed by atoms with Crippen molar-refractivity contribution in [3.8, 4) is 5.75 Å². The van der Waals surface area contributed by atoms with Gasteiger partial charge < -0.3 is 10.1 Å². The lowest BCUT2D eigenvalue weighted by molar-refractivity contribution is -0.183. The molecule has 72 valence electrons. The van der Waals surface area contributed by atoms with Gasteiger partial charge in [-0.3, -0.25) is 4.89 Å². The van der Waals surface area contributed by atoms with Crippen molar-refractivity contribution in [1.29, 1.82) is 0 Å². The van der Waals surface area contributed by atoms with Gasteiger partial charge in [0.2, 0.25) is 0 Å². The molecule has 2 rings (SSSR count). The number of phenols is 1. The third-order valence-corrected chi connectivity index (χ3v) is 1.91. The molecular weight excluding hydrogens is 186 g/mol. The van der Waals surface area contributed by atoms with E-state index >= 15 is 0 Å². The van der Waals surface area contributed by atoms with Crippen molar-refractivity contribution in [1.82, 2.24) is 4.98 Å². The summed E-state index contributed by atoms with van der Waals surface area (Å²) in [5.74, 6) is -0.760. The molecule has 0 unspecified atom stereocenters. The molecule has 2 aromatic rings. The van der Waals surface area contributed by atoms with Crippen LogP contribution in [-0.4, -0.2) is 21.3 Å². The maximum absolute atomic E-state index is 10.9. The van der Waals surface area contributed by atoms with Gasteiger partial charge in [0.15, 0.2) is 0 Å². The first-order chi connectivity index (χ1) is 6.70. The molecular formula is C9H7NO4. The van der Waals surface area contributed by atoms with Crippen molar-refractivity contribution in [2.75, 3.05) is 0 Å². The van der Waals surface area contributed by atoms with Crippen LogP contribution in [0.15, 0.2) is 24.3 Å². The van der Waals surface area contributed by atoms with Crippen molar-refractivity contribution in [2.24, 2.45) is 0 Å².